The van der Waals surface area contributed by atoms with Crippen LogP contribution < -0.4 is 10.0 Å². The molecule has 3 aromatic rings. The predicted molar refractivity (Wildman–Crippen MR) is 112 cm³/mol. The van der Waals surface area contributed by atoms with Crippen LogP contribution in [0.4, 0.5) is 24.0 Å². The minimum absolute atomic E-state index is 0.00759. The molecule has 0 bridgehead atoms. The number of carboxylic acid groups (broad SMARTS) is 1. The molecule has 3 rings (SSSR count). The number of benzene rings is 2. The Kier molecular flexibility index (Phi) is 8.25. The van der Waals surface area contributed by atoms with E-state index in [1.165, 1.54) is 42.6 Å². The monoisotopic (exact) mass is 493 g/mol. The van der Waals surface area contributed by atoms with E-state index < -0.39 is 22.2 Å². The number of halogens is 4. The summed E-state index contributed by atoms with van der Waals surface area (Å²) in [6.07, 6.45) is -3.15. The number of alkyl halides is 3. The quantitative estimate of drug-likeness (QED) is 0.416. The van der Waals surface area contributed by atoms with E-state index in [-0.39, 0.29) is 32.8 Å². The Labute approximate surface area is 184 Å². The Bertz CT molecular complexity index is 1100. The summed E-state index contributed by atoms with van der Waals surface area (Å²) in [6, 6.07) is 8.74. The van der Waals surface area contributed by atoms with Gasteiger partial charge in [0.05, 0.1) is 15.6 Å². The molecule has 1 heterocycles. The maximum atomic E-state index is 13.5. The normalized spacial score (nSPS) is 12.3. The van der Waals surface area contributed by atoms with Gasteiger partial charge in [0.15, 0.2) is 5.13 Å². The molecular formula is C18H15ClF3N3O4S2. The highest BCUT2D eigenvalue weighted by atomic mass is 35.5. The van der Waals surface area contributed by atoms with Gasteiger partial charge in [0.1, 0.15) is 6.04 Å². The molecule has 166 valence electrons. The molecule has 3 N–H and O–H groups in total. The maximum absolute atomic E-state index is 13.5. The number of aromatic nitrogens is 1. The summed E-state index contributed by atoms with van der Waals surface area (Å²) in [5, 5.41) is 10.8. The fourth-order valence-corrected chi connectivity index (χ4v) is 4.50. The molecule has 1 aromatic heterocycles. The predicted octanol–water partition coefficient (Wildman–Crippen LogP) is 5.01. The standard InChI is InChI=1S/C17H13ClF3N3O2S2.CH2O2/c18-13-10-12(28(25,26)24-16-22-8-9-27-16)6-7-14(13)23-15(17(19,20)21)11-4-2-1-3-5-11;2-1-3/h1-10,15,23H,(H,22,24);1H,(H,2,3)/t15-;/m1./s1. The van der Waals surface area contributed by atoms with Crippen molar-refractivity contribution in [3.8, 4) is 0 Å². The van der Waals surface area contributed by atoms with Crippen LogP contribution in [0.2, 0.25) is 5.02 Å². The first-order chi connectivity index (χ1) is 14.6. The van der Waals surface area contributed by atoms with Crippen molar-refractivity contribution in [3.05, 3.63) is 70.7 Å². The van der Waals surface area contributed by atoms with Crippen molar-refractivity contribution < 1.29 is 31.5 Å². The number of nitrogens with zero attached hydrogens (tertiary/aromatic N) is 1. The molecule has 0 saturated heterocycles. The van der Waals surface area contributed by atoms with E-state index in [1.807, 2.05) is 0 Å². The van der Waals surface area contributed by atoms with Gasteiger partial charge in [-0.05, 0) is 23.8 Å². The Morgan fingerprint density at radius 1 is 1.16 bits per heavy atom. The molecular weight excluding hydrogens is 479 g/mol. The van der Waals surface area contributed by atoms with Crippen molar-refractivity contribution in [1.29, 1.82) is 0 Å². The number of hydrogen-bond acceptors (Lipinski definition) is 6. The Balaban J connectivity index is 0.00000107. The minimum Gasteiger partial charge on any atom is -0.483 e. The molecule has 0 spiro atoms. The Morgan fingerprint density at radius 2 is 1.81 bits per heavy atom. The topological polar surface area (TPSA) is 108 Å². The summed E-state index contributed by atoms with van der Waals surface area (Å²) in [6.45, 7) is -0.250. The lowest BCUT2D eigenvalue weighted by molar-refractivity contribution is -0.144. The van der Waals surface area contributed by atoms with Crippen LogP contribution in [0.1, 0.15) is 11.6 Å². The fourth-order valence-electron chi connectivity index (χ4n) is 2.38. The zero-order valence-electron chi connectivity index (χ0n) is 15.4. The van der Waals surface area contributed by atoms with Crippen molar-refractivity contribution in [2.24, 2.45) is 0 Å². The van der Waals surface area contributed by atoms with Crippen molar-refractivity contribution in [1.82, 2.24) is 4.98 Å². The van der Waals surface area contributed by atoms with Crippen LogP contribution in [0.15, 0.2) is 65.0 Å². The molecule has 0 amide bonds. The molecule has 7 nitrogen and oxygen atoms in total. The van der Waals surface area contributed by atoms with E-state index in [1.54, 1.807) is 11.4 Å². The molecule has 0 aliphatic carbocycles. The molecule has 0 aliphatic heterocycles. The largest absolute Gasteiger partial charge is 0.483 e. The lowest BCUT2D eigenvalue weighted by Gasteiger charge is -2.24. The van der Waals surface area contributed by atoms with E-state index in [0.29, 0.717) is 0 Å². The number of anilines is 2. The number of carbonyl (C=O) groups is 1. The smallest absolute Gasteiger partial charge is 0.412 e. The van der Waals surface area contributed by atoms with Gasteiger partial charge < -0.3 is 10.4 Å². The minimum atomic E-state index is -4.58. The van der Waals surface area contributed by atoms with Crippen LogP contribution >= 0.6 is 22.9 Å². The second-order valence-corrected chi connectivity index (χ2v) is 8.70. The van der Waals surface area contributed by atoms with Crippen molar-refractivity contribution in [2.75, 3.05) is 10.0 Å². The highest BCUT2D eigenvalue weighted by Gasteiger charge is 2.41. The molecule has 31 heavy (non-hydrogen) atoms. The summed E-state index contributed by atoms with van der Waals surface area (Å²) in [5.74, 6) is 0. The summed E-state index contributed by atoms with van der Waals surface area (Å²) < 4.78 is 67.5. The zero-order chi connectivity index (χ0) is 23.1. The average Bonchev–Trinajstić information content (AvgIpc) is 3.19. The van der Waals surface area contributed by atoms with Crippen LogP contribution in [0.25, 0.3) is 0 Å². The molecule has 0 unspecified atom stereocenters. The number of sulfonamides is 1. The second-order valence-electron chi connectivity index (χ2n) is 5.72. The van der Waals surface area contributed by atoms with E-state index in [4.69, 9.17) is 21.5 Å². The number of nitrogens with one attached hydrogen (secondary N) is 2. The van der Waals surface area contributed by atoms with Crippen molar-refractivity contribution in [3.63, 3.8) is 0 Å². The SMILES string of the molecule is O=CO.O=S(=O)(Nc1nccs1)c1ccc(N[C@H](c2ccccc2)C(F)(F)F)c(Cl)c1. The van der Waals surface area contributed by atoms with Gasteiger partial charge in [0.25, 0.3) is 16.5 Å². The number of thiazole rings is 1. The zero-order valence-corrected chi connectivity index (χ0v) is 17.8. The summed E-state index contributed by atoms with van der Waals surface area (Å²) in [5.41, 5.74) is -0.0331. The first-order valence-electron chi connectivity index (χ1n) is 8.26. The van der Waals surface area contributed by atoms with Gasteiger partial charge in [0.2, 0.25) is 0 Å². The van der Waals surface area contributed by atoms with Crippen LogP contribution in [0, 0.1) is 0 Å². The summed E-state index contributed by atoms with van der Waals surface area (Å²) in [7, 11) is -3.97. The highest BCUT2D eigenvalue weighted by molar-refractivity contribution is 7.93. The first-order valence-corrected chi connectivity index (χ1v) is 11.0. The van der Waals surface area contributed by atoms with Gasteiger partial charge >= 0.3 is 6.18 Å². The Hall–Kier alpha value is -2.83. The van der Waals surface area contributed by atoms with Crippen LogP contribution in [0.3, 0.4) is 0 Å². The van der Waals surface area contributed by atoms with E-state index in [0.717, 1.165) is 17.4 Å². The van der Waals surface area contributed by atoms with E-state index in [9.17, 15) is 21.6 Å². The number of rotatable bonds is 6. The third-order valence-electron chi connectivity index (χ3n) is 3.66. The molecule has 13 heteroatoms. The van der Waals surface area contributed by atoms with Crippen LogP contribution in [-0.4, -0.2) is 31.2 Å². The molecule has 0 fully saturated rings. The third kappa shape index (κ3) is 6.84. The lowest BCUT2D eigenvalue weighted by Crippen LogP contribution is -2.28. The lowest BCUT2D eigenvalue weighted by atomic mass is 10.1. The van der Waals surface area contributed by atoms with Crippen molar-refractivity contribution in [2.45, 2.75) is 17.1 Å². The summed E-state index contributed by atoms with van der Waals surface area (Å²) >= 11 is 7.15. The van der Waals surface area contributed by atoms with Crippen LogP contribution in [0.5, 0.6) is 0 Å². The highest BCUT2D eigenvalue weighted by Crippen LogP contribution is 2.37. The second kappa shape index (κ2) is 10.5. The third-order valence-corrected chi connectivity index (χ3v) is 6.13. The van der Waals surface area contributed by atoms with Gasteiger partial charge in [-0.15, -0.1) is 11.3 Å². The van der Waals surface area contributed by atoms with Gasteiger partial charge in [0, 0.05) is 11.6 Å². The fraction of sp³-hybridized carbons (Fsp3) is 0.111. The van der Waals surface area contributed by atoms with Crippen LogP contribution in [-0.2, 0) is 14.8 Å². The van der Waals surface area contributed by atoms with E-state index in [2.05, 4.69) is 15.0 Å². The van der Waals surface area contributed by atoms with Gasteiger partial charge in [-0.2, -0.15) is 13.2 Å². The molecule has 1 atom stereocenters. The van der Waals surface area contributed by atoms with Gasteiger partial charge in [-0.3, -0.25) is 9.52 Å². The van der Waals surface area contributed by atoms with Crippen molar-refractivity contribution >= 4 is 50.3 Å². The van der Waals surface area contributed by atoms with Gasteiger partial charge in [-0.1, -0.05) is 41.9 Å². The van der Waals surface area contributed by atoms with Gasteiger partial charge in [-0.25, -0.2) is 13.4 Å². The maximum Gasteiger partial charge on any atom is 0.412 e. The molecule has 0 saturated carbocycles. The first kappa shape index (κ1) is 24.4. The number of hydrogen-bond donors (Lipinski definition) is 3. The molecule has 0 aliphatic rings. The Morgan fingerprint density at radius 3 is 2.32 bits per heavy atom. The molecule has 0 radical (unpaired) electrons. The molecule has 2 aromatic carbocycles. The average molecular weight is 494 g/mol. The summed E-state index contributed by atoms with van der Waals surface area (Å²) in [4.78, 5) is 12.0. The van der Waals surface area contributed by atoms with E-state index >= 15 is 0 Å².